The van der Waals surface area contributed by atoms with Gasteiger partial charge in [-0.15, -0.1) is 0 Å². The summed E-state index contributed by atoms with van der Waals surface area (Å²) in [5, 5.41) is 9.52. The fourth-order valence-electron chi connectivity index (χ4n) is 1.40. The van der Waals surface area contributed by atoms with Crippen molar-refractivity contribution in [1.82, 2.24) is 4.98 Å². The summed E-state index contributed by atoms with van der Waals surface area (Å²) in [6, 6.07) is 11.7. The molecule has 0 N–H and O–H groups in total. The molecule has 0 spiro atoms. The van der Waals surface area contributed by atoms with Gasteiger partial charge in [0.05, 0.1) is 11.6 Å². The summed E-state index contributed by atoms with van der Waals surface area (Å²) in [7, 11) is 0. The Kier molecular flexibility index (Phi) is 2.24. The molecule has 0 atom stereocenters. The summed E-state index contributed by atoms with van der Waals surface area (Å²) in [4.78, 5) is 4.23. The summed E-state index contributed by atoms with van der Waals surface area (Å²) in [5.41, 5.74) is 1.98. The van der Waals surface area contributed by atoms with E-state index < -0.39 is 0 Å². The number of hydrogen-bond donors (Lipinski definition) is 0. The lowest BCUT2D eigenvalue weighted by molar-refractivity contribution is 1.41. The molecule has 1 aromatic carbocycles. The van der Waals surface area contributed by atoms with Crippen molar-refractivity contribution in [2.45, 2.75) is 0 Å². The van der Waals surface area contributed by atoms with Crippen molar-refractivity contribution in [3.05, 3.63) is 48.2 Å². The van der Waals surface area contributed by atoms with Crippen LogP contribution in [0.2, 0.25) is 0 Å². The number of nitrogens with zero attached hydrogens (tertiary/aromatic N) is 2. The number of hydrogen-bond acceptors (Lipinski definition) is 2. The van der Waals surface area contributed by atoms with Gasteiger partial charge >= 0.3 is 0 Å². The Morgan fingerprint density at radius 2 is 2.14 bits per heavy atom. The van der Waals surface area contributed by atoms with Crippen molar-refractivity contribution >= 4 is 17.0 Å². The second-order valence-electron chi connectivity index (χ2n) is 2.88. The van der Waals surface area contributed by atoms with E-state index in [1.807, 2.05) is 36.4 Å². The fourth-order valence-corrected chi connectivity index (χ4v) is 1.40. The van der Waals surface area contributed by atoms with Crippen LogP contribution >= 0.6 is 0 Å². The highest BCUT2D eigenvalue weighted by Gasteiger charge is 1.96. The van der Waals surface area contributed by atoms with E-state index in [0.717, 1.165) is 16.5 Å². The Hall–Kier alpha value is -2.14. The molecule has 0 saturated heterocycles. The number of benzene rings is 1. The Bertz CT molecular complexity index is 516. The lowest BCUT2D eigenvalue weighted by Crippen LogP contribution is -1.80. The van der Waals surface area contributed by atoms with E-state index in [-0.39, 0.29) is 0 Å². The highest BCUT2D eigenvalue weighted by molar-refractivity contribution is 5.87. The quantitative estimate of drug-likeness (QED) is 0.633. The predicted octanol–water partition coefficient (Wildman–Crippen LogP) is 2.77. The molecule has 14 heavy (non-hydrogen) atoms. The molecule has 0 bridgehead atoms. The van der Waals surface area contributed by atoms with Crippen molar-refractivity contribution in [2.75, 3.05) is 0 Å². The topological polar surface area (TPSA) is 36.7 Å². The number of allylic oxidation sites excluding steroid dienone is 1. The van der Waals surface area contributed by atoms with Crippen LogP contribution in [0.15, 0.2) is 42.6 Å². The van der Waals surface area contributed by atoms with Crippen molar-refractivity contribution < 1.29 is 0 Å². The maximum absolute atomic E-state index is 8.45. The van der Waals surface area contributed by atoms with Crippen molar-refractivity contribution in [2.24, 2.45) is 0 Å². The van der Waals surface area contributed by atoms with Crippen LogP contribution in [0.25, 0.3) is 17.0 Å². The molecule has 0 aliphatic heterocycles. The zero-order chi connectivity index (χ0) is 9.80. The van der Waals surface area contributed by atoms with Gasteiger partial charge in [0, 0.05) is 17.7 Å². The van der Waals surface area contributed by atoms with E-state index in [9.17, 15) is 0 Å². The molecular formula is C12H8N2. The lowest BCUT2D eigenvalue weighted by Gasteiger charge is -1.99. The molecular weight excluding hydrogens is 172 g/mol. The largest absolute Gasteiger partial charge is 0.256 e. The number of fused-ring (bicyclic) bond motifs is 1. The van der Waals surface area contributed by atoms with E-state index in [4.69, 9.17) is 5.26 Å². The van der Waals surface area contributed by atoms with Gasteiger partial charge in [-0.25, -0.2) is 0 Å². The van der Waals surface area contributed by atoms with Gasteiger partial charge in [0.25, 0.3) is 0 Å². The minimum Gasteiger partial charge on any atom is -0.256 e. The van der Waals surface area contributed by atoms with Crippen LogP contribution in [-0.4, -0.2) is 4.98 Å². The first-order valence-corrected chi connectivity index (χ1v) is 4.32. The predicted molar refractivity (Wildman–Crippen MR) is 56.4 cm³/mol. The average molecular weight is 180 g/mol. The van der Waals surface area contributed by atoms with Crippen LogP contribution in [0, 0.1) is 11.3 Å². The van der Waals surface area contributed by atoms with E-state index in [0.29, 0.717) is 0 Å². The fraction of sp³-hybridized carbons (Fsp3) is 0. The molecule has 0 fully saturated rings. The highest BCUT2D eigenvalue weighted by atomic mass is 14.6. The zero-order valence-corrected chi connectivity index (χ0v) is 7.51. The molecule has 1 aromatic heterocycles. The average Bonchev–Trinajstić information content (AvgIpc) is 2.26. The Balaban J connectivity index is 2.66. The van der Waals surface area contributed by atoms with Gasteiger partial charge in [0.2, 0.25) is 0 Å². The molecule has 0 aliphatic carbocycles. The monoisotopic (exact) mass is 180 g/mol. The van der Waals surface area contributed by atoms with Gasteiger partial charge in [-0.3, -0.25) is 4.98 Å². The van der Waals surface area contributed by atoms with Crippen LogP contribution in [0.1, 0.15) is 5.56 Å². The van der Waals surface area contributed by atoms with Crippen LogP contribution in [0.3, 0.4) is 0 Å². The van der Waals surface area contributed by atoms with Gasteiger partial charge < -0.3 is 0 Å². The third kappa shape index (κ3) is 1.48. The maximum Gasteiger partial charge on any atom is 0.0912 e. The Labute approximate surface area is 82.1 Å². The second kappa shape index (κ2) is 3.71. The van der Waals surface area contributed by atoms with Gasteiger partial charge in [-0.2, -0.15) is 5.26 Å². The molecule has 0 amide bonds. The summed E-state index contributed by atoms with van der Waals surface area (Å²) < 4.78 is 0. The van der Waals surface area contributed by atoms with E-state index in [2.05, 4.69) is 4.98 Å². The van der Waals surface area contributed by atoms with Crippen LogP contribution in [0.4, 0.5) is 0 Å². The number of pyridine rings is 1. The highest BCUT2D eigenvalue weighted by Crippen LogP contribution is 2.17. The van der Waals surface area contributed by atoms with Gasteiger partial charge in [0.15, 0.2) is 0 Å². The maximum atomic E-state index is 8.45. The third-order valence-electron chi connectivity index (χ3n) is 2.02. The minimum absolute atomic E-state index is 0.951. The lowest BCUT2D eigenvalue weighted by atomic mass is 10.1. The number of rotatable bonds is 1. The van der Waals surface area contributed by atoms with E-state index in [1.54, 1.807) is 12.3 Å². The van der Waals surface area contributed by atoms with Gasteiger partial charge in [-0.1, -0.05) is 18.2 Å². The third-order valence-corrected chi connectivity index (χ3v) is 2.02. The summed E-state index contributed by atoms with van der Waals surface area (Å²) in [6.45, 7) is 0. The molecule has 0 aliphatic rings. The SMILES string of the molecule is N#C/C=C/c1cccc2ncccc12. The Morgan fingerprint density at radius 3 is 3.00 bits per heavy atom. The Morgan fingerprint density at radius 1 is 1.21 bits per heavy atom. The van der Waals surface area contributed by atoms with Gasteiger partial charge in [-0.05, 0) is 23.8 Å². The molecule has 2 aromatic rings. The van der Waals surface area contributed by atoms with Gasteiger partial charge in [0.1, 0.15) is 0 Å². The number of nitriles is 1. The van der Waals surface area contributed by atoms with Crippen molar-refractivity contribution in [1.29, 1.82) is 5.26 Å². The van der Waals surface area contributed by atoms with E-state index >= 15 is 0 Å². The van der Waals surface area contributed by atoms with Crippen molar-refractivity contribution in [3.63, 3.8) is 0 Å². The first kappa shape index (κ1) is 8.46. The van der Waals surface area contributed by atoms with Crippen LogP contribution in [0.5, 0.6) is 0 Å². The molecule has 0 radical (unpaired) electrons. The minimum atomic E-state index is 0.951. The summed E-state index contributed by atoms with van der Waals surface area (Å²) >= 11 is 0. The molecule has 2 rings (SSSR count). The standard InChI is InChI=1S/C12H8N2/c13-8-2-5-10-4-1-7-12-11(10)6-3-9-14-12/h1-7,9H/b5-2+. The van der Waals surface area contributed by atoms with E-state index in [1.165, 1.54) is 6.08 Å². The summed E-state index contributed by atoms with van der Waals surface area (Å²) in [6.07, 6.45) is 5.03. The second-order valence-corrected chi connectivity index (χ2v) is 2.88. The first-order chi connectivity index (χ1) is 6.92. The number of aromatic nitrogens is 1. The smallest absolute Gasteiger partial charge is 0.0912 e. The molecule has 66 valence electrons. The molecule has 0 saturated carbocycles. The molecule has 2 nitrogen and oxygen atoms in total. The molecule has 0 unspecified atom stereocenters. The molecule has 2 heteroatoms. The normalized spacial score (nSPS) is 10.5. The van der Waals surface area contributed by atoms with Crippen LogP contribution in [-0.2, 0) is 0 Å². The first-order valence-electron chi connectivity index (χ1n) is 4.32. The zero-order valence-electron chi connectivity index (χ0n) is 7.51. The van der Waals surface area contributed by atoms with Crippen LogP contribution < -0.4 is 0 Å². The summed E-state index contributed by atoms with van der Waals surface area (Å²) in [5.74, 6) is 0. The molecule has 1 heterocycles. The van der Waals surface area contributed by atoms with Crippen molar-refractivity contribution in [3.8, 4) is 6.07 Å².